The van der Waals surface area contributed by atoms with Gasteiger partial charge in [-0.05, 0) is 32.6 Å². The summed E-state index contributed by atoms with van der Waals surface area (Å²) in [5.74, 6) is -0.387. The quantitative estimate of drug-likeness (QED) is 0.877. The Balaban J connectivity index is 1.66. The van der Waals surface area contributed by atoms with Gasteiger partial charge in [0.1, 0.15) is 9.88 Å². The number of hydrogen-bond donors (Lipinski definition) is 2. The van der Waals surface area contributed by atoms with Gasteiger partial charge in [0, 0.05) is 30.8 Å². The highest BCUT2D eigenvalue weighted by molar-refractivity contribution is 7.17. The normalized spacial score (nSPS) is 20.8. The van der Waals surface area contributed by atoms with Crippen molar-refractivity contribution in [2.45, 2.75) is 38.6 Å². The molecule has 1 aliphatic carbocycles. The van der Waals surface area contributed by atoms with Gasteiger partial charge in [-0.15, -0.1) is 11.3 Å². The first-order valence-electron chi connectivity index (χ1n) is 8.00. The van der Waals surface area contributed by atoms with Crippen LogP contribution in [0, 0.1) is 12.8 Å². The summed E-state index contributed by atoms with van der Waals surface area (Å²) in [5, 5.41) is 8.00. The van der Waals surface area contributed by atoms with E-state index in [1.807, 2.05) is 20.2 Å². The maximum Gasteiger partial charge on any atom is 0.263 e. The van der Waals surface area contributed by atoms with E-state index in [4.69, 9.17) is 5.73 Å². The molecule has 3 N–H and O–H groups in total. The van der Waals surface area contributed by atoms with Crippen LogP contribution in [0.5, 0.6) is 0 Å². The largest absolute Gasteiger partial charge is 0.369 e. The van der Waals surface area contributed by atoms with E-state index in [0.29, 0.717) is 4.88 Å². The summed E-state index contributed by atoms with van der Waals surface area (Å²) < 4.78 is 1.71. The van der Waals surface area contributed by atoms with E-state index in [9.17, 15) is 9.59 Å². The molecule has 0 atom stereocenters. The first-order valence-corrected chi connectivity index (χ1v) is 8.82. The van der Waals surface area contributed by atoms with E-state index in [0.717, 1.165) is 41.9 Å². The average Bonchev–Trinajstić information content (AvgIpc) is 3.13. The van der Waals surface area contributed by atoms with Crippen LogP contribution < -0.4 is 11.1 Å². The van der Waals surface area contributed by atoms with Crippen LogP contribution in [0.2, 0.25) is 0 Å². The predicted molar refractivity (Wildman–Crippen MR) is 91.5 cm³/mol. The Bertz CT molecular complexity index is 758. The predicted octanol–water partition coefficient (Wildman–Crippen LogP) is 1.63. The van der Waals surface area contributed by atoms with Crippen LogP contribution in [-0.4, -0.2) is 32.6 Å². The van der Waals surface area contributed by atoms with Crippen molar-refractivity contribution < 1.29 is 9.59 Å². The number of nitrogens with one attached hydrogen (secondary N) is 1. The molecule has 128 valence electrons. The third kappa shape index (κ3) is 3.48. The summed E-state index contributed by atoms with van der Waals surface area (Å²) in [5.41, 5.74) is 6.98. The van der Waals surface area contributed by atoms with Gasteiger partial charge >= 0.3 is 0 Å². The number of amides is 2. The Morgan fingerprint density at radius 1 is 1.33 bits per heavy atom. The van der Waals surface area contributed by atoms with Crippen molar-refractivity contribution in [3.8, 4) is 10.6 Å². The van der Waals surface area contributed by atoms with Crippen molar-refractivity contribution in [3.05, 3.63) is 23.0 Å². The summed E-state index contributed by atoms with van der Waals surface area (Å²) in [6.45, 7) is 1.84. The number of nitrogens with two attached hydrogens (primary N) is 1. The molecule has 0 spiro atoms. The zero-order valence-corrected chi connectivity index (χ0v) is 14.6. The fraction of sp³-hybridized carbons (Fsp3) is 0.500. The minimum Gasteiger partial charge on any atom is -0.369 e. The molecule has 1 fully saturated rings. The van der Waals surface area contributed by atoms with Crippen LogP contribution in [0.3, 0.4) is 0 Å². The van der Waals surface area contributed by atoms with Crippen molar-refractivity contribution in [3.63, 3.8) is 0 Å². The summed E-state index contributed by atoms with van der Waals surface area (Å²) in [4.78, 5) is 28.9. The zero-order valence-electron chi connectivity index (χ0n) is 13.8. The topological polar surface area (TPSA) is 103 Å². The van der Waals surface area contributed by atoms with Gasteiger partial charge in [-0.2, -0.15) is 5.10 Å². The molecule has 24 heavy (non-hydrogen) atoms. The Morgan fingerprint density at radius 3 is 2.62 bits per heavy atom. The van der Waals surface area contributed by atoms with Gasteiger partial charge in [-0.25, -0.2) is 4.98 Å². The zero-order chi connectivity index (χ0) is 17.3. The first-order chi connectivity index (χ1) is 11.4. The molecule has 2 aromatic rings. The number of rotatable bonds is 4. The lowest BCUT2D eigenvalue weighted by molar-refractivity contribution is -0.122. The smallest absolute Gasteiger partial charge is 0.263 e. The molecule has 0 unspecified atom stereocenters. The number of hydrogen-bond acceptors (Lipinski definition) is 5. The lowest BCUT2D eigenvalue weighted by Gasteiger charge is -2.27. The van der Waals surface area contributed by atoms with Crippen molar-refractivity contribution >= 4 is 23.2 Å². The molecule has 2 aromatic heterocycles. The van der Waals surface area contributed by atoms with E-state index in [-0.39, 0.29) is 23.8 Å². The molecule has 1 aliphatic rings. The van der Waals surface area contributed by atoms with Gasteiger partial charge < -0.3 is 11.1 Å². The lowest BCUT2D eigenvalue weighted by atomic mass is 9.85. The molecule has 0 radical (unpaired) electrons. The Morgan fingerprint density at radius 2 is 2.04 bits per heavy atom. The minimum absolute atomic E-state index is 0.0551. The van der Waals surface area contributed by atoms with Gasteiger partial charge in [-0.3, -0.25) is 14.3 Å². The van der Waals surface area contributed by atoms with Crippen molar-refractivity contribution in [2.75, 3.05) is 0 Å². The molecule has 8 heteroatoms. The Labute approximate surface area is 144 Å². The second-order valence-electron chi connectivity index (χ2n) is 6.26. The molecular formula is C16H21N5O2S. The summed E-state index contributed by atoms with van der Waals surface area (Å²) >= 11 is 1.38. The maximum absolute atomic E-state index is 12.5. The third-order valence-electron chi connectivity index (χ3n) is 4.42. The van der Waals surface area contributed by atoms with Gasteiger partial charge in [0.25, 0.3) is 5.91 Å². The number of carbonyl (C=O) groups is 2. The van der Waals surface area contributed by atoms with Crippen LogP contribution in [-0.2, 0) is 11.8 Å². The first kappa shape index (κ1) is 16.6. The van der Waals surface area contributed by atoms with Crippen molar-refractivity contribution in [1.82, 2.24) is 20.1 Å². The summed E-state index contributed by atoms with van der Waals surface area (Å²) in [6.07, 6.45) is 6.67. The van der Waals surface area contributed by atoms with E-state index in [2.05, 4.69) is 15.4 Å². The SMILES string of the molecule is Cc1nc(-c2cnn(C)c2)sc1C(=O)NC1CCC(C(N)=O)CC1. The monoisotopic (exact) mass is 347 g/mol. The number of carbonyl (C=O) groups excluding carboxylic acids is 2. The average molecular weight is 347 g/mol. The maximum atomic E-state index is 12.5. The van der Waals surface area contributed by atoms with Gasteiger partial charge in [0.15, 0.2) is 0 Å². The molecule has 2 amide bonds. The second kappa shape index (κ2) is 6.72. The molecule has 7 nitrogen and oxygen atoms in total. The molecule has 0 aliphatic heterocycles. The lowest BCUT2D eigenvalue weighted by Crippen LogP contribution is -2.39. The molecule has 3 rings (SSSR count). The minimum atomic E-state index is -0.237. The molecule has 2 heterocycles. The van der Waals surface area contributed by atoms with Crippen molar-refractivity contribution in [2.24, 2.45) is 18.7 Å². The molecule has 0 saturated heterocycles. The van der Waals surface area contributed by atoms with E-state index in [1.165, 1.54) is 11.3 Å². The highest BCUT2D eigenvalue weighted by Gasteiger charge is 2.27. The van der Waals surface area contributed by atoms with E-state index in [1.54, 1.807) is 10.9 Å². The van der Waals surface area contributed by atoms with Crippen LogP contribution >= 0.6 is 11.3 Å². The van der Waals surface area contributed by atoms with Gasteiger partial charge in [-0.1, -0.05) is 0 Å². The molecular weight excluding hydrogens is 326 g/mol. The third-order valence-corrected chi connectivity index (χ3v) is 5.62. The van der Waals surface area contributed by atoms with E-state index >= 15 is 0 Å². The Hall–Kier alpha value is -2.22. The highest BCUT2D eigenvalue weighted by atomic mass is 32.1. The van der Waals surface area contributed by atoms with Crippen LogP contribution in [0.4, 0.5) is 0 Å². The highest BCUT2D eigenvalue weighted by Crippen LogP contribution is 2.28. The number of primary amides is 1. The van der Waals surface area contributed by atoms with Crippen LogP contribution in [0.15, 0.2) is 12.4 Å². The van der Waals surface area contributed by atoms with E-state index < -0.39 is 0 Å². The standard InChI is InChI=1S/C16H21N5O2S/c1-9-13(24-16(19-9)11-7-18-21(2)8-11)15(23)20-12-5-3-10(4-6-12)14(17)22/h7-8,10,12H,3-6H2,1-2H3,(H2,17,22)(H,20,23). The number of thiazole rings is 1. The van der Waals surface area contributed by atoms with Gasteiger partial charge in [0.05, 0.1) is 11.9 Å². The second-order valence-corrected chi connectivity index (χ2v) is 7.26. The molecule has 0 bridgehead atoms. The molecule has 0 aromatic carbocycles. The number of aromatic nitrogens is 3. The van der Waals surface area contributed by atoms with Crippen LogP contribution in [0.1, 0.15) is 41.0 Å². The fourth-order valence-electron chi connectivity index (χ4n) is 3.04. The molecule has 1 saturated carbocycles. The summed E-state index contributed by atoms with van der Waals surface area (Å²) in [7, 11) is 1.85. The van der Waals surface area contributed by atoms with Crippen molar-refractivity contribution in [1.29, 1.82) is 0 Å². The number of aryl methyl sites for hydroxylation is 2. The van der Waals surface area contributed by atoms with Crippen LogP contribution in [0.25, 0.3) is 10.6 Å². The fourth-order valence-corrected chi connectivity index (χ4v) is 3.98. The van der Waals surface area contributed by atoms with Gasteiger partial charge in [0.2, 0.25) is 5.91 Å². The summed E-state index contributed by atoms with van der Waals surface area (Å²) in [6, 6.07) is 0.0939. The number of nitrogens with zero attached hydrogens (tertiary/aromatic N) is 3. The Kier molecular flexibility index (Phi) is 4.66.